The first-order valence-electron chi connectivity index (χ1n) is 9.42. The molecule has 27 heavy (non-hydrogen) atoms. The maximum Gasteiger partial charge on any atom is 0.335 e. The molecule has 0 amide bonds. The predicted octanol–water partition coefficient (Wildman–Crippen LogP) is 4.30. The Morgan fingerprint density at radius 3 is 1.89 bits per heavy atom. The predicted molar refractivity (Wildman–Crippen MR) is 109 cm³/mol. The van der Waals surface area contributed by atoms with Crippen molar-refractivity contribution >= 4 is 20.5 Å². The highest BCUT2D eigenvalue weighted by atomic mass is 28.4. The van der Waals surface area contributed by atoms with Crippen LogP contribution in [0.2, 0.25) is 12.6 Å². The maximum atomic E-state index is 11.4. The molecule has 1 unspecified atom stereocenters. The smallest absolute Gasteiger partial charge is 0.335 e. The Morgan fingerprint density at radius 1 is 0.963 bits per heavy atom. The highest BCUT2D eigenvalue weighted by molar-refractivity contribution is 6.66. The van der Waals surface area contributed by atoms with Gasteiger partial charge in [0.2, 0.25) is 0 Å². The minimum atomic E-state index is -2.42. The summed E-state index contributed by atoms with van der Waals surface area (Å²) in [5.74, 6) is -0.744. The van der Waals surface area contributed by atoms with Crippen molar-refractivity contribution < 1.29 is 27.9 Å². The molecule has 0 fully saturated rings. The fourth-order valence-electron chi connectivity index (χ4n) is 2.56. The van der Waals surface area contributed by atoms with Crippen molar-refractivity contribution in [3.63, 3.8) is 0 Å². The van der Waals surface area contributed by atoms with Gasteiger partial charge in [-0.3, -0.25) is 0 Å². The summed E-state index contributed by atoms with van der Waals surface area (Å²) in [7, 11) is -2.42. The van der Waals surface area contributed by atoms with Gasteiger partial charge in [0.25, 0.3) is 0 Å². The zero-order valence-corrected chi connectivity index (χ0v) is 18.8. The number of carbonyl (C=O) groups is 2. The monoisotopic (exact) mass is 400 g/mol. The second-order valence-corrected chi connectivity index (χ2v) is 10.7. The molecule has 156 valence electrons. The van der Waals surface area contributed by atoms with Crippen molar-refractivity contribution in [1.29, 1.82) is 0 Å². The molecule has 0 rings (SSSR count). The Balaban J connectivity index is 4.47. The fourth-order valence-corrected chi connectivity index (χ4v) is 5.53. The average molecular weight is 401 g/mol. The first-order valence-corrected chi connectivity index (χ1v) is 11.9. The third kappa shape index (κ3) is 11.8. The first-order chi connectivity index (χ1) is 12.4. The summed E-state index contributed by atoms with van der Waals surface area (Å²) in [6, 6.07) is 0.721. The van der Waals surface area contributed by atoms with E-state index in [9.17, 15) is 9.59 Å². The molecule has 0 aliphatic carbocycles. The molecule has 0 heterocycles. The van der Waals surface area contributed by atoms with E-state index in [-0.39, 0.29) is 11.9 Å². The van der Waals surface area contributed by atoms with Crippen LogP contribution in [-0.4, -0.2) is 45.9 Å². The van der Waals surface area contributed by atoms with Crippen LogP contribution in [0, 0.1) is 0 Å². The minimum absolute atomic E-state index is 0.321. The van der Waals surface area contributed by atoms with Gasteiger partial charge in [-0.15, -0.1) is 0 Å². The van der Waals surface area contributed by atoms with Gasteiger partial charge in [-0.05, 0) is 66.5 Å². The van der Waals surface area contributed by atoms with Gasteiger partial charge in [0.15, 0.2) is 0 Å². The third-order valence-electron chi connectivity index (χ3n) is 3.80. The standard InChI is InChI=1S/C20H36O6Si/c1-9-25-27(8,15-11-14-24-19(22)17(4)5)26-20(6,7)12-10-13-23-18(21)16(2)3/h2,4,9-15H2,1,3,5-8H3. The van der Waals surface area contributed by atoms with Gasteiger partial charge in [-0.1, -0.05) is 13.2 Å². The Bertz CT molecular complexity index is 529. The van der Waals surface area contributed by atoms with Crippen molar-refractivity contribution in [3.8, 4) is 0 Å². The summed E-state index contributed by atoms with van der Waals surface area (Å²) in [4.78, 5) is 22.9. The Kier molecular flexibility index (Phi) is 11.5. The number of ether oxygens (including phenoxy) is 2. The van der Waals surface area contributed by atoms with E-state index in [4.69, 9.17) is 18.3 Å². The van der Waals surface area contributed by atoms with Crippen LogP contribution in [0.5, 0.6) is 0 Å². The molecule has 0 spiro atoms. The summed E-state index contributed by atoms with van der Waals surface area (Å²) in [5.41, 5.74) is 0.388. The molecule has 6 nitrogen and oxygen atoms in total. The van der Waals surface area contributed by atoms with Crippen molar-refractivity contribution in [2.24, 2.45) is 0 Å². The number of esters is 2. The fraction of sp³-hybridized carbons (Fsp3) is 0.700. The van der Waals surface area contributed by atoms with Crippen molar-refractivity contribution in [2.75, 3.05) is 19.8 Å². The number of hydrogen-bond acceptors (Lipinski definition) is 6. The highest BCUT2D eigenvalue weighted by Crippen LogP contribution is 2.27. The number of hydrogen-bond donors (Lipinski definition) is 0. The van der Waals surface area contributed by atoms with E-state index in [1.807, 2.05) is 27.3 Å². The summed E-state index contributed by atoms with van der Waals surface area (Å²) >= 11 is 0. The Morgan fingerprint density at radius 2 is 1.44 bits per heavy atom. The minimum Gasteiger partial charge on any atom is -0.462 e. The summed E-state index contributed by atoms with van der Waals surface area (Å²) < 4.78 is 22.6. The van der Waals surface area contributed by atoms with Crippen LogP contribution in [0.25, 0.3) is 0 Å². The quantitative estimate of drug-likeness (QED) is 0.187. The van der Waals surface area contributed by atoms with Crippen molar-refractivity contribution in [1.82, 2.24) is 0 Å². The number of carbonyl (C=O) groups excluding carboxylic acids is 2. The van der Waals surface area contributed by atoms with Gasteiger partial charge in [-0.2, -0.15) is 0 Å². The van der Waals surface area contributed by atoms with Gasteiger partial charge in [-0.25, -0.2) is 9.59 Å². The molecule has 7 heteroatoms. The van der Waals surface area contributed by atoms with Crippen LogP contribution in [0.1, 0.15) is 53.9 Å². The van der Waals surface area contributed by atoms with E-state index in [1.165, 1.54) is 0 Å². The summed E-state index contributed by atoms with van der Waals surface area (Å²) in [6.45, 7) is 19.6. The Labute approximate surface area is 165 Å². The van der Waals surface area contributed by atoms with Crippen LogP contribution in [0.4, 0.5) is 0 Å². The highest BCUT2D eigenvalue weighted by Gasteiger charge is 2.37. The van der Waals surface area contributed by atoms with E-state index < -0.39 is 14.2 Å². The molecule has 0 saturated carbocycles. The second kappa shape index (κ2) is 12.1. The molecule has 0 radical (unpaired) electrons. The van der Waals surface area contributed by atoms with E-state index in [1.54, 1.807) is 13.8 Å². The lowest BCUT2D eigenvalue weighted by Crippen LogP contribution is -2.46. The van der Waals surface area contributed by atoms with Gasteiger partial charge in [0.05, 0.1) is 18.8 Å². The largest absolute Gasteiger partial charge is 0.462 e. The van der Waals surface area contributed by atoms with Crippen LogP contribution in [-0.2, 0) is 27.9 Å². The van der Waals surface area contributed by atoms with E-state index in [2.05, 4.69) is 13.2 Å². The molecule has 0 aliphatic rings. The molecule has 0 aliphatic heterocycles. The molecule has 1 atom stereocenters. The van der Waals surface area contributed by atoms with Crippen LogP contribution >= 0.6 is 0 Å². The second-order valence-electron chi connectivity index (χ2n) is 7.47. The zero-order chi connectivity index (χ0) is 21.1. The molecule has 0 N–H and O–H groups in total. The Hall–Kier alpha value is -1.44. The topological polar surface area (TPSA) is 71.1 Å². The molecule has 0 aromatic heterocycles. The van der Waals surface area contributed by atoms with Crippen LogP contribution < -0.4 is 0 Å². The van der Waals surface area contributed by atoms with E-state index in [0.29, 0.717) is 43.8 Å². The molecule has 0 aromatic carbocycles. The third-order valence-corrected chi connectivity index (χ3v) is 6.95. The summed E-state index contributed by atoms with van der Waals surface area (Å²) in [5, 5.41) is 0. The zero-order valence-electron chi connectivity index (χ0n) is 17.8. The lowest BCUT2D eigenvalue weighted by atomic mass is 10.0. The van der Waals surface area contributed by atoms with Crippen molar-refractivity contribution in [3.05, 3.63) is 24.3 Å². The normalized spacial score (nSPS) is 13.6. The van der Waals surface area contributed by atoms with Gasteiger partial charge in [0, 0.05) is 17.8 Å². The number of rotatable bonds is 14. The molecule has 0 saturated heterocycles. The first kappa shape index (κ1) is 25.6. The lowest BCUT2D eigenvalue weighted by molar-refractivity contribution is -0.139. The van der Waals surface area contributed by atoms with Crippen LogP contribution in [0.3, 0.4) is 0 Å². The maximum absolute atomic E-state index is 11.4. The van der Waals surface area contributed by atoms with Crippen LogP contribution in [0.15, 0.2) is 24.3 Å². The molecule has 0 bridgehead atoms. The lowest BCUT2D eigenvalue weighted by Gasteiger charge is -2.36. The van der Waals surface area contributed by atoms with Crippen molar-refractivity contribution in [2.45, 2.75) is 72.1 Å². The van der Waals surface area contributed by atoms with E-state index in [0.717, 1.165) is 12.5 Å². The summed E-state index contributed by atoms with van der Waals surface area (Å²) in [6.07, 6.45) is 2.10. The molecule has 0 aromatic rings. The average Bonchev–Trinajstić information content (AvgIpc) is 2.54. The van der Waals surface area contributed by atoms with Gasteiger partial charge < -0.3 is 18.3 Å². The SMILES string of the molecule is C=C(C)C(=O)OCCCC(C)(C)O[Si](C)(CCCOC(=O)C(=C)C)OCC. The van der Waals surface area contributed by atoms with E-state index >= 15 is 0 Å². The molecular formula is C20H36O6Si. The van der Waals surface area contributed by atoms with Gasteiger partial charge >= 0.3 is 20.5 Å². The van der Waals surface area contributed by atoms with Gasteiger partial charge in [0.1, 0.15) is 0 Å². The molecular weight excluding hydrogens is 364 g/mol.